The number of benzene rings is 1. The molecule has 1 aromatic carbocycles. The number of rotatable bonds is 2. The molecule has 1 heterocycles. The lowest BCUT2D eigenvalue weighted by molar-refractivity contribution is -0.386. The molecule has 1 spiro atoms. The summed E-state index contributed by atoms with van der Waals surface area (Å²) in [6.45, 7) is 1.94. The first-order chi connectivity index (χ1) is 9.61. The summed E-state index contributed by atoms with van der Waals surface area (Å²) in [7, 11) is 0. The van der Waals surface area contributed by atoms with E-state index in [1.54, 1.807) is 12.1 Å². The number of hydrogen-bond donors (Lipinski definition) is 0. The maximum Gasteiger partial charge on any atom is 0.275 e. The third-order valence-electron chi connectivity index (χ3n) is 4.22. The van der Waals surface area contributed by atoms with E-state index >= 15 is 0 Å². The minimum atomic E-state index is -0.522. The van der Waals surface area contributed by atoms with Gasteiger partial charge in [-0.3, -0.25) is 10.1 Å². The average molecular weight is 277 g/mol. The fraction of sp³-hybridized carbons (Fsp3) is 0.600. The van der Waals surface area contributed by atoms with Gasteiger partial charge in [-0.1, -0.05) is 18.6 Å². The van der Waals surface area contributed by atoms with Gasteiger partial charge in [-0.15, -0.1) is 0 Å². The maximum atomic E-state index is 11.2. The van der Waals surface area contributed by atoms with Gasteiger partial charge in [-0.25, -0.2) is 0 Å². The van der Waals surface area contributed by atoms with Gasteiger partial charge in [0.05, 0.1) is 16.6 Å². The lowest BCUT2D eigenvalue weighted by Gasteiger charge is -2.31. The van der Waals surface area contributed by atoms with Crippen LogP contribution in [0.3, 0.4) is 0 Å². The molecule has 5 heteroatoms. The van der Waals surface area contributed by atoms with Crippen LogP contribution in [-0.4, -0.2) is 16.8 Å². The van der Waals surface area contributed by atoms with E-state index in [1.165, 1.54) is 12.5 Å². The van der Waals surface area contributed by atoms with Gasteiger partial charge in [-0.05, 0) is 25.8 Å². The molecular formula is C15H19NO4. The molecule has 0 amide bonds. The Morgan fingerprint density at radius 1 is 1.20 bits per heavy atom. The van der Waals surface area contributed by atoms with Crippen molar-refractivity contribution >= 4 is 5.69 Å². The van der Waals surface area contributed by atoms with Crippen molar-refractivity contribution < 1.29 is 14.4 Å². The van der Waals surface area contributed by atoms with Gasteiger partial charge in [0.1, 0.15) is 6.10 Å². The minimum absolute atomic E-state index is 0.112. The normalized spacial score (nSPS) is 28.6. The summed E-state index contributed by atoms with van der Waals surface area (Å²) in [4.78, 5) is 10.8. The van der Waals surface area contributed by atoms with Crippen LogP contribution < -0.4 is 0 Å². The molecule has 1 aliphatic heterocycles. The Labute approximate surface area is 118 Å². The summed E-state index contributed by atoms with van der Waals surface area (Å²) in [5, 5.41) is 11.2. The first-order valence-corrected chi connectivity index (χ1v) is 7.20. The Balaban J connectivity index is 1.89. The van der Waals surface area contributed by atoms with Crippen LogP contribution in [0.1, 0.15) is 50.7 Å². The second-order valence-electron chi connectivity index (χ2n) is 5.65. The van der Waals surface area contributed by atoms with Gasteiger partial charge in [0, 0.05) is 18.9 Å². The predicted molar refractivity (Wildman–Crippen MR) is 73.3 cm³/mol. The number of nitro groups is 1. The van der Waals surface area contributed by atoms with Crippen molar-refractivity contribution in [1.29, 1.82) is 0 Å². The van der Waals surface area contributed by atoms with Crippen molar-refractivity contribution in [2.24, 2.45) is 0 Å². The molecule has 2 atom stereocenters. The van der Waals surface area contributed by atoms with Crippen LogP contribution in [0.4, 0.5) is 5.69 Å². The topological polar surface area (TPSA) is 61.6 Å². The molecule has 0 unspecified atom stereocenters. The SMILES string of the molecule is C[C@H]1OC2(CCCCC2)O[C@H]1c1ccccc1[N+](=O)[O-]. The fourth-order valence-corrected chi connectivity index (χ4v) is 3.29. The van der Waals surface area contributed by atoms with Crippen molar-refractivity contribution in [2.45, 2.75) is 57.0 Å². The molecule has 0 N–H and O–H groups in total. The van der Waals surface area contributed by atoms with Gasteiger partial charge in [0.25, 0.3) is 5.69 Å². The second kappa shape index (κ2) is 5.14. The number of hydrogen-bond acceptors (Lipinski definition) is 4. The standard InChI is InChI=1S/C15H19NO4/c1-11-14(12-7-3-4-8-13(12)16(17)18)20-15(19-11)9-5-2-6-10-15/h3-4,7-8,11,14H,2,5-6,9-10H2,1H3/t11-,14-/m1/s1. The number of nitro benzene ring substituents is 1. The van der Waals surface area contributed by atoms with Gasteiger partial charge in [0.2, 0.25) is 0 Å². The fourth-order valence-electron chi connectivity index (χ4n) is 3.29. The van der Waals surface area contributed by atoms with Crippen molar-refractivity contribution in [3.05, 3.63) is 39.9 Å². The Bertz CT molecular complexity index is 510. The lowest BCUT2D eigenvalue weighted by atomic mass is 9.94. The van der Waals surface area contributed by atoms with Crippen LogP contribution in [-0.2, 0) is 9.47 Å². The molecule has 3 rings (SSSR count). The molecule has 1 aromatic rings. The molecule has 20 heavy (non-hydrogen) atoms. The third-order valence-corrected chi connectivity index (χ3v) is 4.22. The molecule has 0 radical (unpaired) electrons. The van der Waals surface area contributed by atoms with Gasteiger partial charge in [-0.2, -0.15) is 0 Å². The number of ether oxygens (including phenoxy) is 2. The molecule has 108 valence electrons. The first kappa shape index (κ1) is 13.5. The Hall–Kier alpha value is -1.46. The van der Waals surface area contributed by atoms with Crippen molar-refractivity contribution in [3.8, 4) is 0 Å². The van der Waals surface area contributed by atoms with E-state index in [2.05, 4.69) is 0 Å². The Kier molecular flexibility index (Phi) is 3.48. The first-order valence-electron chi connectivity index (χ1n) is 7.20. The maximum absolute atomic E-state index is 11.2. The van der Waals surface area contributed by atoms with Crippen molar-refractivity contribution in [1.82, 2.24) is 0 Å². The Morgan fingerprint density at radius 3 is 2.60 bits per heavy atom. The zero-order valence-corrected chi connectivity index (χ0v) is 11.6. The summed E-state index contributed by atoms with van der Waals surface area (Å²) < 4.78 is 12.2. The van der Waals surface area contributed by atoms with Crippen molar-refractivity contribution in [2.75, 3.05) is 0 Å². The zero-order chi connectivity index (χ0) is 14.2. The van der Waals surface area contributed by atoms with E-state index in [-0.39, 0.29) is 22.8 Å². The van der Waals surface area contributed by atoms with Gasteiger partial charge >= 0.3 is 0 Å². The molecule has 1 aliphatic carbocycles. The highest BCUT2D eigenvalue weighted by Crippen LogP contribution is 2.47. The van der Waals surface area contributed by atoms with E-state index in [0.29, 0.717) is 5.56 Å². The summed E-state index contributed by atoms with van der Waals surface area (Å²) in [5.74, 6) is -0.522. The molecule has 5 nitrogen and oxygen atoms in total. The van der Waals surface area contributed by atoms with Crippen LogP contribution in [0.5, 0.6) is 0 Å². The smallest absolute Gasteiger partial charge is 0.275 e. The van der Waals surface area contributed by atoms with Gasteiger partial charge < -0.3 is 9.47 Å². The quantitative estimate of drug-likeness (QED) is 0.610. The molecule has 1 saturated heterocycles. The molecule has 2 aliphatic rings. The monoisotopic (exact) mass is 277 g/mol. The molecular weight excluding hydrogens is 258 g/mol. The highest BCUT2D eigenvalue weighted by molar-refractivity contribution is 5.42. The summed E-state index contributed by atoms with van der Waals surface area (Å²) in [6, 6.07) is 6.78. The Morgan fingerprint density at radius 2 is 1.90 bits per heavy atom. The van der Waals surface area contributed by atoms with Crippen molar-refractivity contribution in [3.63, 3.8) is 0 Å². The highest BCUT2D eigenvalue weighted by Gasteiger charge is 2.48. The van der Waals surface area contributed by atoms with Crippen LogP contribution in [0, 0.1) is 10.1 Å². The molecule has 2 fully saturated rings. The minimum Gasteiger partial charge on any atom is -0.344 e. The van der Waals surface area contributed by atoms with E-state index < -0.39 is 5.79 Å². The predicted octanol–water partition coefficient (Wildman–Crippen LogP) is 3.73. The van der Waals surface area contributed by atoms with Crippen LogP contribution in [0.2, 0.25) is 0 Å². The van der Waals surface area contributed by atoms with Crippen LogP contribution in [0.15, 0.2) is 24.3 Å². The number of nitrogens with zero attached hydrogens (tertiary/aromatic N) is 1. The van der Waals surface area contributed by atoms with E-state index in [9.17, 15) is 10.1 Å². The molecule has 1 saturated carbocycles. The highest BCUT2D eigenvalue weighted by atomic mass is 16.8. The molecule has 0 bridgehead atoms. The number of para-hydroxylation sites is 1. The summed E-state index contributed by atoms with van der Waals surface area (Å²) in [5.41, 5.74) is 0.730. The largest absolute Gasteiger partial charge is 0.344 e. The second-order valence-corrected chi connectivity index (χ2v) is 5.65. The van der Waals surface area contributed by atoms with E-state index in [0.717, 1.165) is 25.7 Å². The third kappa shape index (κ3) is 2.31. The van der Waals surface area contributed by atoms with E-state index in [1.807, 2.05) is 13.0 Å². The summed E-state index contributed by atoms with van der Waals surface area (Å²) >= 11 is 0. The zero-order valence-electron chi connectivity index (χ0n) is 11.6. The molecule has 0 aromatic heterocycles. The lowest BCUT2D eigenvalue weighted by Crippen LogP contribution is -2.33. The van der Waals surface area contributed by atoms with Gasteiger partial charge in [0.15, 0.2) is 5.79 Å². The summed E-state index contributed by atoms with van der Waals surface area (Å²) in [6.07, 6.45) is 4.65. The average Bonchev–Trinajstić information content (AvgIpc) is 2.76. The van der Waals surface area contributed by atoms with E-state index in [4.69, 9.17) is 9.47 Å². The van der Waals surface area contributed by atoms with Crippen LogP contribution in [0.25, 0.3) is 0 Å². The van der Waals surface area contributed by atoms with Crippen LogP contribution >= 0.6 is 0 Å².